The second-order valence-corrected chi connectivity index (χ2v) is 7.05. The molecule has 2 saturated carbocycles. The van der Waals surface area contributed by atoms with E-state index in [9.17, 15) is 0 Å². The van der Waals surface area contributed by atoms with E-state index in [1.54, 1.807) is 0 Å². The van der Waals surface area contributed by atoms with E-state index in [0.29, 0.717) is 0 Å². The van der Waals surface area contributed by atoms with E-state index in [0.717, 1.165) is 17.8 Å². The van der Waals surface area contributed by atoms with Crippen LogP contribution in [-0.4, -0.2) is 29.3 Å². The standard InChI is InChI=1S/C17H33NS/c19-15-9-3-8-14-18(16-10-4-1-5-11-16)17-12-6-2-7-13-17/h16-17,19H,1-15H2. The first-order valence-corrected chi connectivity index (χ1v) is 9.41. The number of hydrogen-bond acceptors (Lipinski definition) is 2. The van der Waals surface area contributed by atoms with Crippen molar-refractivity contribution >= 4 is 12.6 Å². The van der Waals surface area contributed by atoms with Crippen molar-refractivity contribution in [2.75, 3.05) is 12.3 Å². The normalized spacial score (nSPS) is 23.1. The summed E-state index contributed by atoms with van der Waals surface area (Å²) < 4.78 is 0. The van der Waals surface area contributed by atoms with Gasteiger partial charge >= 0.3 is 0 Å². The molecule has 2 rings (SSSR count). The minimum Gasteiger partial charge on any atom is -0.297 e. The van der Waals surface area contributed by atoms with Gasteiger partial charge in [0.2, 0.25) is 0 Å². The lowest BCUT2D eigenvalue weighted by atomic mass is 9.88. The smallest absolute Gasteiger partial charge is 0.00981 e. The Bertz CT molecular complexity index is 201. The lowest BCUT2D eigenvalue weighted by Crippen LogP contribution is -2.45. The van der Waals surface area contributed by atoms with E-state index >= 15 is 0 Å². The minimum atomic E-state index is 0.924. The van der Waals surface area contributed by atoms with Crippen molar-refractivity contribution in [1.82, 2.24) is 4.90 Å². The average molecular weight is 284 g/mol. The highest BCUT2D eigenvalue weighted by Gasteiger charge is 2.28. The van der Waals surface area contributed by atoms with Crippen LogP contribution in [0.25, 0.3) is 0 Å². The highest BCUT2D eigenvalue weighted by Crippen LogP contribution is 2.30. The highest BCUT2D eigenvalue weighted by molar-refractivity contribution is 7.80. The number of thiol groups is 1. The van der Waals surface area contributed by atoms with Crippen LogP contribution in [0.3, 0.4) is 0 Å². The Morgan fingerprint density at radius 1 is 0.684 bits per heavy atom. The van der Waals surface area contributed by atoms with Crippen molar-refractivity contribution in [1.29, 1.82) is 0 Å². The monoisotopic (exact) mass is 283 g/mol. The Hall–Kier alpha value is 0.310. The molecule has 0 unspecified atom stereocenters. The lowest BCUT2D eigenvalue weighted by Gasteiger charge is -2.41. The van der Waals surface area contributed by atoms with Crippen molar-refractivity contribution in [2.24, 2.45) is 0 Å². The van der Waals surface area contributed by atoms with E-state index in [4.69, 9.17) is 0 Å². The third-order valence-electron chi connectivity index (χ3n) is 5.16. The zero-order chi connectivity index (χ0) is 13.3. The topological polar surface area (TPSA) is 3.24 Å². The van der Waals surface area contributed by atoms with Crippen LogP contribution in [0, 0.1) is 0 Å². The Morgan fingerprint density at radius 3 is 1.68 bits per heavy atom. The maximum Gasteiger partial charge on any atom is 0.00981 e. The molecule has 1 nitrogen and oxygen atoms in total. The number of rotatable bonds is 7. The van der Waals surface area contributed by atoms with Crippen LogP contribution in [0.15, 0.2) is 0 Å². The Labute approximate surface area is 125 Å². The molecular weight excluding hydrogens is 250 g/mol. The van der Waals surface area contributed by atoms with Gasteiger partial charge in [-0.1, -0.05) is 44.9 Å². The summed E-state index contributed by atoms with van der Waals surface area (Å²) in [4.78, 5) is 2.94. The van der Waals surface area contributed by atoms with Gasteiger partial charge < -0.3 is 0 Å². The minimum absolute atomic E-state index is 0.924. The van der Waals surface area contributed by atoms with Crippen LogP contribution in [0.5, 0.6) is 0 Å². The number of hydrogen-bond donors (Lipinski definition) is 1. The van der Waals surface area contributed by atoms with Crippen LogP contribution in [0.4, 0.5) is 0 Å². The molecule has 0 N–H and O–H groups in total. The van der Waals surface area contributed by atoms with Crippen LogP contribution in [0.1, 0.15) is 83.5 Å². The molecule has 0 spiro atoms. The highest BCUT2D eigenvalue weighted by atomic mass is 32.1. The van der Waals surface area contributed by atoms with Crippen molar-refractivity contribution in [3.63, 3.8) is 0 Å². The molecule has 0 aromatic heterocycles. The van der Waals surface area contributed by atoms with Gasteiger partial charge in [-0.15, -0.1) is 0 Å². The molecule has 0 saturated heterocycles. The molecule has 0 radical (unpaired) electrons. The predicted molar refractivity (Wildman–Crippen MR) is 88.2 cm³/mol. The predicted octanol–water partition coefficient (Wildman–Crippen LogP) is 5.05. The van der Waals surface area contributed by atoms with Crippen LogP contribution < -0.4 is 0 Å². The Balaban J connectivity index is 1.83. The lowest BCUT2D eigenvalue weighted by molar-refractivity contribution is 0.0790. The van der Waals surface area contributed by atoms with Gasteiger partial charge in [-0.05, 0) is 50.8 Å². The molecule has 0 aromatic carbocycles. The summed E-state index contributed by atoms with van der Waals surface area (Å²) in [5.74, 6) is 1.06. The number of nitrogens with zero attached hydrogens (tertiary/aromatic N) is 1. The van der Waals surface area contributed by atoms with Gasteiger partial charge in [0.25, 0.3) is 0 Å². The molecule has 2 fully saturated rings. The molecule has 0 atom stereocenters. The van der Waals surface area contributed by atoms with Crippen molar-refractivity contribution in [3.8, 4) is 0 Å². The molecule has 0 aliphatic heterocycles. The summed E-state index contributed by atoms with van der Waals surface area (Å²) in [6.45, 7) is 1.36. The van der Waals surface area contributed by atoms with Gasteiger partial charge in [0.1, 0.15) is 0 Å². The summed E-state index contributed by atoms with van der Waals surface area (Å²) in [5.41, 5.74) is 0. The maximum atomic E-state index is 4.33. The van der Waals surface area contributed by atoms with Crippen LogP contribution in [-0.2, 0) is 0 Å². The molecule has 0 heterocycles. The van der Waals surface area contributed by atoms with Gasteiger partial charge in [-0.2, -0.15) is 12.6 Å². The molecule has 2 heteroatoms. The van der Waals surface area contributed by atoms with E-state index < -0.39 is 0 Å². The first-order chi connectivity index (χ1) is 9.42. The van der Waals surface area contributed by atoms with Gasteiger partial charge in [-0.25, -0.2) is 0 Å². The van der Waals surface area contributed by atoms with Gasteiger partial charge in [0.05, 0.1) is 0 Å². The van der Waals surface area contributed by atoms with E-state index in [1.165, 1.54) is 90.0 Å². The summed E-state index contributed by atoms with van der Waals surface area (Å²) in [7, 11) is 0. The van der Waals surface area contributed by atoms with E-state index in [1.807, 2.05) is 0 Å². The van der Waals surface area contributed by atoms with Crippen molar-refractivity contribution < 1.29 is 0 Å². The fourth-order valence-corrected chi connectivity index (χ4v) is 4.30. The second kappa shape index (κ2) is 9.28. The summed E-state index contributed by atoms with van der Waals surface area (Å²) >= 11 is 4.33. The first kappa shape index (κ1) is 15.7. The fraction of sp³-hybridized carbons (Fsp3) is 1.00. The molecule has 0 aromatic rings. The van der Waals surface area contributed by atoms with E-state index in [2.05, 4.69) is 17.5 Å². The number of unbranched alkanes of at least 4 members (excludes halogenated alkanes) is 2. The van der Waals surface area contributed by atoms with Gasteiger partial charge in [-0.3, -0.25) is 4.90 Å². The van der Waals surface area contributed by atoms with E-state index in [-0.39, 0.29) is 0 Å². The fourth-order valence-electron chi connectivity index (χ4n) is 4.07. The molecule has 112 valence electrons. The molecule has 2 aliphatic carbocycles. The zero-order valence-electron chi connectivity index (χ0n) is 12.7. The zero-order valence-corrected chi connectivity index (χ0v) is 13.6. The molecular formula is C17H33NS. The third-order valence-corrected chi connectivity index (χ3v) is 5.48. The largest absolute Gasteiger partial charge is 0.297 e. The van der Waals surface area contributed by atoms with Gasteiger partial charge in [0.15, 0.2) is 0 Å². The molecule has 2 aliphatic rings. The summed E-state index contributed by atoms with van der Waals surface area (Å²) in [5, 5.41) is 0. The summed E-state index contributed by atoms with van der Waals surface area (Å²) in [6, 6.07) is 1.85. The maximum absolute atomic E-state index is 4.33. The molecule has 0 bridgehead atoms. The first-order valence-electron chi connectivity index (χ1n) is 8.78. The SMILES string of the molecule is SCCCCCN(C1CCCCC1)C1CCCCC1. The van der Waals surface area contributed by atoms with Crippen molar-refractivity contribution in [2.45, 2.75) is 95.6 Å². The summed E-state index contributed by atoms with van der Waals surface area (Å²) in [6.07, 6.45) is 18.8. The Kier molecular flexibility index (Phi) is 7.67. The Morgan fingerprint density at radius 2 is 1.21 bits per heavy atom. The third kappa shape index (κ3) is 5.30. The second-order valence-electron chi connectivity index (χ2n) is 6.61. The quantitative estimate of drug-likeness (QED) is 0.505. The average Bonchev–Trinajstić information content (AvgIpc) is 2.49. The van der Waals surface area contributed by atoms with Crippen LogP contribution >= 0.6 is 12.6 Å². The van der Waals surface area contributed by atoms with Crippen molar-refractivity contribution in [3.05, 3.63) is 0 Å². The van der Waals surface area contributed by atoms with Crippen LogP contribution in [0.2, 0.25) is 0 Å². The molecule has 0 amide bonds. The molecule has 19 heavy (non-hydrogen) atoms. The van der Waals surface area contributed by atoms with Gasteiger partial charge in [0, 0.05) is 12.1 Å².